The van der Waals surface area contributed by atoms with Crippen molar-refractivity contribution >= 4 is 16.5 Å². The molecule has 0 aliphatic carbocycles. The third kappa shape index (κ3) is 2.86. The second-order valence-corrected chi connectivity index (χ2v) is 6.69. The van der Waals surface area contributed by atoms with Gasteiger partial charge in [-0.3, -0.25) is 0 Å². The van der Waals surface area contributed by atoms with Crippen LogP contribution in [-0.4, -0.2) is 21.7 Å². The predicted molar refractivity (Wildman–Crippen MR) is 89.7 cm³/mol. The number of aromatic nitrogens is 3. The molecular formula is C17H18N4OS. The smallest absolute Gasteiger partial charge is 0.249 e. The summed E-state index contributed by atoms with van der Waals surface area (Å²) < 4.78 is 5.56. The molecule has 2 aromatic heterocycles. The first kappa shape index (κ1) is 14.4. The molecule has 1 aromatic carbocycles. The lowest BCUT2D eigenvalue weighted by Crippen LogP contribution is -2.22. The van der Waals surface area contributed by atoms with E-state index in [1.807, 2.05) is 23.7 Å². The van der Waals surface area contributed by atoms with Gasteiger partial charge in [-0.25, -0.2) is 4.98 Å². The van der Waals surface area contributed by atoms with E-state index in [2.05, 4.69) is 39.1 Å². The summed E-state index contributed by atoms with van der Waals surface area (Å²) in [6, 6.07) is 8.47. The Morgan fingerprint density at radius 3 is 3.09 bits per heavy atom. The minimum Gasteiger partial charge on any atom is -0.337 e. The van der Waals surface area contributed by atoms with E-state index in [4.69, 9.17) is 4.52 Å². The maximum atomic E-state index is 5.56. The van der Waals surface area contributed by atoms with Gasteiger partial charge in [0.1, 0.15) is 6.04 Å². The van der Waals surface area contributed by atoms with Crippen LogP contribution in [0.4, 0.5) is 5.13 Å². The number of anilines is 1. The van der Waals surface area contributed by atoms with Crippen LogP contribution in [0, 0.1) is 6.92 Å². The average molecular weight is 326 g/mol. The molecule has 3 heterocycles. The molecule has 1 fully saturated rings. The van der Waals surface area contributed by atoms with Crippen molar-refractivity contribution in [3.63, 3.8) is 0 Å². The summed E-state index contributed by atoms with van der Waals surface area (Å²) in [7, 11) is 0. The quantitative estimate of drug-likeness (QED) is 0.730. The van der Waals surface area contributed by atoms with Gasteiger partial charge in [-0.1, -0.05) is 29.4 Å². The summed E-state index contributed by atoms with van der Waals surface area (Å²) in [6.45, 7) is 3.10. The Kier molecular flexibility index (Phi) is 3.83. The number of aryl methyl sites for hydroxylation is 1. The average Bonchev–Trinajstić information content (AvgIpc) is 3.30. The molecule has 5 nitrogen and oxygen atoms in total. The van der Waals surface area contributed by atoms with Gasteiger partial charge in [0, 0.05) is 24.5 Å². The molecule has 0 radical (unpaired) electrons. The van der Waals surface area contributed by atoms with Crippen molar-refractivity contribution in [1.82, 2.24) is 15.1 Å². The molecule has 0 spiro atoms. The summed E-state index contributed by atoms with van der Waals surface area (Å²) in [5.74, 6) is 1.46. The van der Waals surface area contributed by atoms with Crippen molar-refractivity contribution in [2.75, 3.05) is 11.4 Å². The van der Waals surface area contributed by atoms with Gasteiger partial charge >= 0.3 is 0 Å². The van der Waals surface area contributed by atoms with Gasteiger partial charge in [0.15, 0.2) is 11.0 Å². The first-order valence-corrected chi connectivity index (χ1v) is 8.72. The number of thiazole rings is 1. The van der Waals surface area contributed by atoms with Crippen LogP contribution in [0.3, 0.4) is 0 Å². The molecule has 6 heteroatoms. The van der Waals surface area contributed by atoms with E-state index in [1.54, 1.807) is 11.3 Å². The largest absolute Gasteiger partial charge is 0.337 e. The summed E-state index contributed by atoms with van der Waals surface area (Å²) in [5.41, 5.74) is 2.49. The zero-order valence-electron chi connectivity index (χ0n) is 13.0. The van der Waals surface area contributed by atoms with Crippen LogP contribution >= 0.6 is 11.3 Å². The molecule has 3 aromatic rings. The van der Waals surface area contributed by atoms with Gasteiger partial charge < -0.3 is 9.42 Å². The number of hydrogen-bond donors (Lipinski definition) is 0. The van der Waals surface area contributed by atoms with Crippen molar-refractivity contribution in [3.8, 4) is 0 Å². The molecule has 0 saturated carbocycles. The standard InChI is InChI=1S/C17H18N4OS/c1-12-5-2-3-6-13(12)11-15-19-16(22-20-15)14-7-4-9-21(14)17-18-8-10-23-17/h2-3,5-6,8,10,14H,4,7,9,11H2,1H3/t14-/m0/s1. The van der Waals surface area contributed by atoms with Crippen LogP contribution in [0.1, 0.15) is 41.7 Å². The van der Waals surface area contributed by atoms with Crippen molar-refractivity contribution in [2.45, 2.75) is 32.2 Å². The number of hydrogen-bond acceptors (Lipinski definition) is 6. The normalized spacial score (nSPS) is 17.8. The molecule has 1 saturated heterocycles. The van der Waals surface area contributed by atoms with E-state index in [0.717, 1.165) is 30.3 Å². The first-order valence-electron chi connectivity index (χ1n) is 7.84. The maximum Gasteiger partial charge on any atom is 0.249 e. The zero-order chi connectivity index (χ0) is 15.6. The van der Waals surface area contributed by atoms with E-state index in [-0.39, 0.29) is 6.04 Å². The lowest BCUT2D eigenvalue weighted by molar-refractivity contribution is 0.351. The third-order valence-corrected chi connectivity index (χ3v) is 5.10. The Hall–Kier alpha value is -2.21. The van der Waals surface area contributed by atoms with Crippen molar-refractivity contribution in [1.29, 1.82) is 0 Å². The summed E-state index contributed by atoms with van der Waals surface area (Å²) in [5, 5.41) is 7.22. The van der Waals surface area contributed by atoms with E-state index >= 15 is 0 Å². The topological polar surface area (TPSA) is 55.1 Å². The van der Waals surface area contributed by atoms with Crippen molar-refractivity contribution < 1.29 is 4.52 Å². The highest BCUT2D eigenvalue weighted by atomic mass is 32.1. The lowest BCUT2D eigenvalue weighted by Gasteiger charge is -2.20. The Morgan fingerprint density at radius 1 is 1.35 bits per heavy atom. The predicted octanol–water partition coefficient (Wildman–Crippen LogP) is 3.77. The van der Waals surface area contributed by atoms with Gasteiger partial charge in [0.05, 0.1) is 0 Å². The van der Waals surface area contributed by atoms with E-state index < -0.39 is 0 Å². The lowest BCUT2D eigenvalue weighted by atomic mass is 10.1. The number of rotatable bonds is 4. The third-order valence-electron chi connectivity index (χ3n) is 4.30. The molecular weight excluding hydrogens is 308 g/mol. The monoisotopic (exact) mass is 326 g/mol. The highest BCUT2D eigenvalue weighted by Crippen LogP contribution is 2.36. The number of benzene rings is 1. The fourth-order valence-electron chi connectivity index (χ4n) is 3.06. The fourth-order valence-corrected chi connectivity index (χ4v) is 3.78. The van der Waals surface area contributed by atoms with E-state index in [0.29, 0.717) is 12.3 Å². The Bertz CT molecular complexity index is 784. The van der Waals surface area contributed by atoms with Crippen LogP contribution in [-0.2, 0) is 6.42 Å². The van der Waals surface area contributed by atoms with Gasteiger partial charge in [-0.05, 0) is 30.9 Å². The van der Waals surface area contributed by atoms with Crippen LogP contribution in [0.15, 0.2) is 40.4 Å². The molecule has 23 heavy (non-hydrogen) atoms. The Balaban J connectivity index is 1.55. The minimum atomic E-state index is 0.152. The molecule has 1 aliphatic rings. The summed E-state index contributed by atoms with van der Waals surface area (Å²) >= 11 is 1.65. The second-order valence-electron chi connectivity index (χ2n) is 5.82. The molecule has 118 valence electrons. The van der Waals surface area contributed by atoms with Gasteiger partial charge in [0.25, 0.3) is 0 Å². The minimum absolute atomic E-state index is 0.152. The van der Waals surface area contributed by atoms with Crippen LogP contribution in [0.5, 0.6) is 0 Å². The molecule has 0 N–H and O–H groups in total. The summed E-state index contributed by atoms with van der Waals surface area (Å²) in [6.07, 6.45) is 4.71. The molecule has 1 atom stereocenters. The molecule has 4 rings (SSSR count). The van der Waals surface area contributed by atoms with E-state index in [9.17, 15) is 0 Å². The molecule has 0 amide bonds. The SMILES string of the molecule is Cc1ccccc1Cc1noc([C@@H]2CCCN2c2nccs2)n1. The Labute approximate surface area is 139 Å². The second kappa shape index (κ2) is 6.12. The molecule has 0 unspecified atom stereocenters. The van der Waals surface area contributed by atoms with Crippen LogP contribution < -0.4 is 4.90 Å². The fraction of sp³-hybridized carbons (Fsp3) is 0.353. The highest BCUT2D eigenvalue weighted by molar-refractivity contribution is 7.13. The Morgan fingerprint density at radius 2 is 2.26 bits per heavy atom. The van der Waals surface area contributed by atoms with Crippen LogP contribution in [0.2, 0.25) is 0 Å². The zero-order valence-corrected chi connectivity index (χ0v) is 13.8. The van der Waals surface area contributed by atoms with Gasteiger partial charge in [0.2, 0.25) is 5.89 Å². The molecule has 0 bridgehead atoms. The summed E-state index contributed by atoms with van der Waals surface area (Å²) in [4.78, 5) is 11.3. The highest BCUT2D eigenvalue weighted by Gasteiger charge is 2.32. The number of nitrogens with zero attached hydrogens (tertiary/aromatic N) is 4. The van der Waals surface area contributed by atoms with Crippen LogP contribution in [0.25, 0.3) is 0 Å². The first-order chi connectivity index (χ1) is 11.3. The van der Waals surface area contributed by atoms with Crippen molar-refractivity contribution in [2.24, 2.45) is 0 Å². The maximum absolute atomic E-state index is 5.56. The molecule has 1 aliphatic heterocycles. The van der Waals surface area contributed by atoms with Gasteiger partial charge in [-0.2, -0.15) is 4.98 Å². The van der Waals surface area contributed by atoms with Crippen molar-refractivity contribution in [3.05, 3.63) is 58.7 Å². The van der Waals surface area contributed by atoms with E-state index in [1.165, 1.54) is 11.1 Å². The van der Waals surface area contributed by atoms with Gasteiger partial charge in [-0.15, -0.1) is 11.3 Å².